The van der Waals surface area contributed by atoms with Gasteiger partial charge in [0.25, 0.3) is 0 Å². The van der Waals surface area contributed by atoms with Crippen LogP contribution in [-0.4, -0.2) is 19.6 Å². The van der Waals surface area contributed by atoms with Gasteiger partial charge >= 0.3 is 51.4 Å². The Bertz CT molecular complexity index is 424. The molecule has 0 radical (unpaired) electrons. The molecule has 0 aromatic rings. The second-order valence-corrected chi connectivity index (χ2v) is 8.40. The molecule has 0 aliphatic heterocycles. The summed E-state index contributed by atoms with van der Waals surface area (Å²) in [5.41, 5.74) is 0. The van der Waals surface area contributed by atoms with Crippen molar-refractivity contribution in [1.29, 1.82) is 0 Å². The first-order valence-corrected chi connectivity index (χ1v) is 12.1. The van der Waals surface area contributed by atoms with Gasteiger partial charge in [-0.25, -0.2) is 8.42 Å². The SMILES string of the molecule is CCCCCCCCCC/C=C/C(CCCCCCC)COS(=O)(=O)[O-].[K+]. The number of rotatable bonds is 19. The van der Waals surface area contributed by atoms with E-state index >= 15 is 0 Å². The zero-order valence-corrected chi connectivity index (χ0v) is 22.0. The van der Waals surface area contributed by atoms with Gasteiger partial charge in [-0.15, -0.1) is 0 Å². The van der Waals surface area contributed by atoms with Crippen molar-refractivity contribution in [3.8, 4) is 0 Å². The average molecular weight is 429 g/mol. The number of hydrogen-bond donors (Lipinski definition) is 0. The summed E-state index contributed by atoms with van der Waals surface area (Å²) in [6.07, 6.45) is 22.4. The van der Waals surface area contributed by atoms with Gasteiger partial charge in [-0.1, -0.05) is 103 Å². The molecule has 0 aliphatic carbocycles. The van der Waals surface area contributed by atoms with Crippen molar-refractivity contribution < 1.29 is 68.5 Å². The van der Waals surface area contributed by atoms with Gasteiger partial charge < -0.3 is 4.55 Å². The molecule has 0 aromatic carbocycles. The van der Waals surface area contributed by atoms with E-state index in [-0.39, 0.29) is 63.9 Å². The van der Waals surface area contributed by atoms with E-state index in [1.807, 2.05) is 6.08 Å². The molecule has 0 N–H and O–H groups in total. The fourth-order valence-electron chi connectivity index (χ4n) is 3.10. The molecule has 0 aliphatic rings. The van der Waals surface area contributed by atoms with Crippen LogP contribution in [0.3, 0.4) is 0 Å². The minimum atomic E-state index is -4.59. The maximum Gasteiger partial charge on any atom is 1.00 e. The Morgan fingerprint density at radius 1 is 0.815 bits per heavy atom. The smallest absolute Gasteiger partial charge is 0.726 e. The molecule has 0 heterocycles. The van der Waals surface area contributed by atoms with Gasteiger partial charge in [-0.05, 0) is 19.3 Å². The van der Waals surface area contributed by atoms with Crippen molar-refractivity contribution in [3.63, 3.8) is 0 Å². The fourth-order valence-corrected chi connectivity index (χ4v) is 3.44. The van der Waals surface area contributed by atoms with Crippen LogP contribution in [-0.2, 0) is 14.6 Å². The van der Waals surface area contributed by atoms with Crippen molar-refractivity contribution in [1.82, 2.24) is 0 Å². The largest absolute Gasteiger partial charge is 1.00 e. The monoisotopic (exact) mass is 428 g/mol. The molecule has 4 nitrogen and oxygen atoms in total. The van der Waals surface area contributed by atoms with Crippen molar-refractivity contribution >= 4 is 10.4 Å². The van der Waals surface area contributed by atoms with E-state index in [4.69, 9.17) is 0 Å². The van der Waals surface area contributed by atoms with Crippen LogP contribution >= 0.6 is 0 Å². The van der Waals surface area contributed by atoms with E-state index in [9.17, 15) is 13.0 Å². The van der Waals surface area contributed by atoms with Crippen LogP contribution in [0.2, 0.25) is 0 Å². The van der Waals surface area contributed by atoms with Gasteiger partial charge in [0.15, 0.2) is 0 Å². The van der Waals surface area contributed by atoms with Crippen molar-refractivity contribution in [3.05, 3.63) is 12.2 Å². The van der Waals surface area contributed by atoms with Gasteiger partial charge in [0.2, 0.25) is 10.4 Å². The topological polar surface area (TPSA) is 66.4 Å². The number of unbranched alkanes of at least 4 members (excludes halogenated alkanes) is 12. The predicted molar refractivity (Wildman–Crippen MR) is 109 cm³/mol. The van der Waals surface area contributed by atoms with Gasteiger partial charge in [0, 0.05) is 5.92 Å². The first-order valence-electron chi connectivity index (χ1n) is 10.8. The summed E-state index contributed by atoms with van der Waals surface area (Å²) in [7, 11) is -4.59. The van der Waals surface area contributed by atoms with Crippen LogP contribution in [0.4, 0.5) is 0 Å². The van der Waals surface area contributed by atoms with Gasteiger partial charge in [0.1, 0.15) is 0 Å². The van der Waals surface area contributed by atoms with Gasteiger partial charge in [-0.2, -0.15) is 0 Å². The summed E-state index contributed by atoms with van der Waals surface area (Å²) in [4.78, 5) is 0. The minimum absolute atomic E-state index is 0. The summed E-state index contributed by atoms with van der Waals surface area (Å²) in [5.74, 6) is 0.0226. The van der Waals surface area contributed by atoms with Crippen LogP contribution in [0.1, 0.15) is 110 Å². The Kier molecular flexibility index (Phi) is 24.7. The third kappa shape index (κ3) is 25.2. The third-order valence-corrected chi connectivity index (χ3v) is 5.16. The summed E-state index contributed by atoms with van der Waals surface area (Å²) in [6.45, 7) is 4.40. The quantitative estimate of drug-likeness (QED) is 0.104. The summed E-state index contributed by atoms with van der Waals surface area (Å²) in [5, 5.41) is 0. The van der Waals surface area contributed by atoms with Crippen LogP contribution < -0.4 is 51.4 Å². The summed E-state index contributed by atoms with van der Waals surface area (Å²) < 4.78 is 36.6. The van der Waals surface area contributed by atoms with E-state index in [1.54, 1.807) is 0 Å². The molecule has 27 heavy (non-hydrogen) atoms. The Morgan fingerprint density at radius 2 is 1.30 bits per heavy atom. The molecule has 0 rings (SSSR count). The predicted octanol–water partition coefficient (Wildman–Crippen LogP) is 3.53. The molecule has 0 bridgehead atoms. The molecule has 0 saturated heterocycles. The molecule has 0 spiro atoms. The molecular formula is C21H41KO4S. The van der Waals surface area contributed by atoms with Crippen molar-refractivity contribution in [2.45, 2.75) is 110 Å². The first-order chi connectivity index (χ1) is 12.5. The van der Waals surface area contributed by atoms with E-state index in [1.165, 1.54) is 70.6 Å². The molecule has 0 aromatic heterocycles. The second kappa shape index (κ2) is 21.9. The van der Waals surface area contributed by atoms with Crippen molar-refractivity contribution in [2.75, 3.05) is 6.61 Å². The van der Waals surface area contributed by atoms with E-state index < -0.39 is 10.4 Å². The second-order valence-electron chi connectivity index (χ2n) is 7.35. The fraction of sp³-hybridized carbons (Fsp3) is 0.905. The zero-order chi connectivity index (χ0) is 19.5. The molecular weight excluding hydrogens is 387 g/mol. The van der Waals surface area contributed by atoms with E-state index in [2.05, 4.69) is 24.1 Å². The van der Waals surface area contributed by atoms with Crippen molar-refractivity contribution in [2.24, 2.45) is 5.92 Å². The molecule has 0 saturated carbocycles. The Hall–Kier alpha value is 1.25. The van der Waals surface area contributed by atoms with Crippen LogP contribution in [0, 0.1) is 5.92 Å². The van der Waals surface area contributed by atoms with Gasteiger partial charge in [0.05, 0.1) is 6.61 Å². The van der Waals surface area contributed by atoms with E-state index in [0.29, 0.717) is 0 Å². The summed E-state index contributed by atoms with van der Waals surface area (Å²) in [6, 6.07) is 0. The molecule has 156 valence electrons. The Labute approximate surface area is 211 Å². The molecule has 1 atom stereocenters. The van der Waals surface area contributed by atoms with Crippen LogP contribution in [0.5, 0.6) is 0 Å². The minimum Gasteiger partial charge on any atom is -0.726 e. The molecule has 0 amide bonds. The standard InChI is InChI=1S/C21H42O4S.K/c1-3-5-7-9-10-11-12-13-15-17-19-21(20-25-26(22,23)24)18-16-14-8-6-4-2;/h17,19,21H,3-16,18,20H2,1-2H3,(H,22,23,24);/q;+1/p-1/b19-17+;. The van der Waals surface area contributed by atoms with E-state index in [0.717, 1.165) is 25.7 Å². The molecule has 6 heteroatoms. The third-order valence-electron chi connectivity index (χ3n) is 4.74. The van der Waals surface area contributed by atoms with Gasteiger partial charge in [-0.3, -0.25) is 4.18 Å². The maximum atomic E-state index is 10.7. The number of allylic oxidation sites excluding steroid dienone is 1. The number of hydrogen-bond acceptors (Lipinski definition) is 4. The average Bonchev–Trinajstić information content (AvgIpc) is 2.59. The molecule has 1 unspecified atom stereocenters. The molecule has 0 fully saturated rings. The summed E-state index contributed by atoms with van der Waals surface area (Å²) >= 11 is 0. The first kappa shape index (κ1) is 30.4. The normalized spacial score (nSPS) is 13.0. The Balaban J connectivity index is 0. The Morgan fingerprint density at radius 3 is 1.81 bits per heavy atom. The zero-order valence-electron chi connectivity index (χ0n) is 18.1. The maximum absolute atomic E-state index is 10.7. The van der Waals surface area contributed by atoms with Crippen LogP contribution in [0.25, 0.3) is 0 Å². The van der Waals surface area contributed by atoms with Crippen LogP contribution in [0.15, 0.2) is 12.2 Å².